The van der Waals surface area contributed by atoms with Crippen LogP contribution in [0.4, 0.5) is 17.1 Å². The van der Waals surface area contributed by atoms with E-state index in [1.807, 2.05) is 36.4 Å². The summed E-state index contributed by atoms with van der Waals surface area (Å²) in [5.74, 6) is 0.284. The van der Waals surface area contributed by atoms with Crippen molar-refractivity contribution in [3.63, 3.8) is 0 Å². The normalized spacial score (nSPS) is 12.0. The topological polar surface area (TPSA) is 78.1 Å². The summed E-state index contributed by atoms with van der Waals surface area (Å²) in [6, 6.07) is 24.3. The molecule has 0 saturated heterocycles. The van der Waals surface area contributed by atoms with E-state index in [0.717, 1.165) is 29.9 Å². The lowest BCUT2D eigenvalue weighted by Crippen LogP contribution is -2.04. The Hall–Kier alpha value is -2.94. The molecule has 122 valence electrons. The summed E-state index contributed by atoms with van der Waals surface area (Å²) in [5, 5.41) is 0. The van der Waals surface area contributed by atoms with Gasteiger partial charge in [-0.25, -0.2) is 0 Å². The van der Waals surface area contributed by atoms with Crippen LogP contribution in [0.15, 0.2) is 72.8 Å². The molecule has 3 heteroatoms. The minimum atomic E-state index is 0.284. The molecule has 0 radical (unpaired) electrons. The van der Waals surface area contributed by atoms with Crippen LogP contribution in [0.2, 0.25) is 0 Å². The predicted octanol–water partition coefficient (Wildman–Crippen LogP) is 4.20. The fraction of sp³-hybridized carbons (Fsp3) is 0.143. The van der Waals surface area contributed by atoms with Crippen molar-refractivity contribution in [2.45, 2.75) is 18.8 Å². The van der Waals surface area contributed by atoms with Gasteiger partial charge in [0, 0.05) is 23.0 Å². The molecule has 0 amide bonds. The summed E-state index contributed by atoms with van der Waals surface area (Å²) >= 11 is 0. The van der Waals surface area contributed by atoms with Crippen molar-refractivity contribution in [3.8, 4) is 0 Å². The molecule has 1 atom stereocenters. The summed E-state index contributed by atoms with van der Waals surface area (Å²) in [6.45, 7) is 0. The average molecular weight is 317 g/mol. The Labute approximate surface area is 143 Å². The minimum Gasteiger partial charge on any atom is -0.399 e. The third kappa shape index (κ3) is 3.87. The Morgan fingerprint density at radius 1 is 0.625 bits per heavy atom. The van der Waals surface area contributed by atoms with Crippen molar-refractivity contribution < 1.29 is 0 Å². The van der Waals surface area contributed by atoms with Gasteiger partial charge in [-0.3, -0.25) is 0 Å². The predicted molar refractivity (Wildman–Crippen MR) is 103 cm³/mol. The molecule has 3 rings (SSSR count). The van der Waals surface area contributed by atoms with E-state index in [4.69, 9.17) is 17.2 Å². The van der Waals surface area contributed by atoms with E-state index in [1.54, 1.807) is 0 Å². The molecule has 0 saturated carbocycles. The molecule has 1 unspecified atom stereocenters. The molecule has 0 fully saturated rings. The Morgan fingerprint density at radius 3 is 1.88 bits per heavy atom. The molecule has 24 heavy (non-hydrogen) atoms. The smallest absolute Gasteiger partial charge is 0.0316 e. The Kier molecular flexibility index (Phi) is 4.71. The first-order valence-corrected chi connectivity index (χ1v) is 8.17. The second-order valence-corrected chi connectivity index (χ2v) is 6.17. The molecule has 0 bridgehead atoms. The van der Waals surface area contributed by atoms with Gasteiger partial charge >= 0.3 is 0 Å². The maximum absolute atomic E-state index is 5.99. The van der Waals surface area contributed by atoms with E-state index in [9.17, 15) is 0 Å². The van der Waals surface area contributed by atoms with Crippen molar-refractivity contribution in [2.75, 3.05) is 17.2 Å². The third-order valence-corrected chi connectivity index (χ3v) is 4.35. The second-order valence-electron chi connectivity index (χ2n) is 6.17. The minimum absolute atomic E-state index is 0.284. The first-order valence-electron chi connectivity index (χ1n) is 8.17. The molecular formula is C21H23N3. The molecule has 3 aromatic carbocycles. The van der Waals surface area contributed by atoms with Gasteiger partial charge in [0.1, 0.15) is 0 Å². The van der Waals surface area contributed by atoms with E-state index in [0.29, 0.717) is 0 Å². The number of aryl methyl sites for hydroxylation is 1. The largest absolute Gasteiger partial charge is 0.399 e. The van der Waals surface area contributed by atoms with Gasteiger partial charge in [0.2, 0.25) is 0 Å². The van der Waals surface area contributed by atoms with Crippen LogP contribution in [0.5, 0.6) is 0 Å². The van der Waals surface area contributed by atoms with Gasteiger partial charge in [-0.1, -0.05) is 36.4 Å². The first kappa shape index (κ1) is 15.9. The monoisotopic (exact) mass is 317 g/mol. The van der Waals surface area contributed by atoms with Gasteiger partial charge in [-0.15, -0.1) is 0 Å². The highest BCUT2D eigenvalue weighted by Gasteiger charge is 2.14. The van der Waals surface area contributed by atoms with Crippen molar-refractivity contribution in [2.24, 2.45) is 0 Å². The van der Waals surface area contributed by atoms with E-state index in [-0.39, 0.29) is 5.92 Å². The van der Waals surface area contributed by atoms with E-state index >= 15 is 0 Å². The van der Waals surface area contributed by atoms with Crippen molar-refractivity contribution >= 4 is 17.1 Å². The van der Waals surface area contributed by atoms with Crippen LogP contribution in [-0.4, -0.2) is 0 Å². The number of benzene rings is 3. The maximum atomic E-state index is 5.99. The van der Waals surface area contributed by atoms with Gasteiger partial charge in [-0.05, 0) is 65.9 Å². The standard InChI is InChI=1S/C21H23N3/c22-18-9-4-15(5-10-18)6-13-21(16-7-11-19(23)12-8-16)17-2-1-3-20(24)14-17/h1-5,7-12,14,21H,6,13,22-24H2. The SMILES string of the molecule is Nc1ccc(CCC(c2ccc(N)cc2)c2cccc(N)c2)cc1. The molecule has 0 aromatic heterocycles. The van der Waals surface area contributed by atoms with Crippen LogP contribution in [0, 0.1) is 0 Å². The Bertz CT molecular complexity index is 792. The highest BCUT2D eigenvalue weighted by atomic mass is 14.5. The van der Waals surface area contributed by atoms with Gasteiger partial charge in [0.25, 0.3) is 0 Å². The number of nitrogen functional groups attached to an aromatic ring is 3. The lowest BCUT2D eigenvalue weighted by molar-refractivity contribution is 0.715. The second kappa shape index (κ2) is 7.09. The van der Waals surface area contributed by atoms with Crippen LogP contribution in [0.1, 0.15) is 29.0 Å². The van der Waals surface area contributed by atoms with Crippen molar-refractivity contribution in [1.29, 1.82) is 0 Å². The number of rotatable bonds is 5. The van der Waals surface area contributed by atoms with Crippen LogP contribution >= 0.6 is 0 Å². The maximum Gasteiger partial charge on any atom is 0.0316 e. The highest BCUT2D eigenvalue weighted by molar-refractivity contribution is 5.47. The van der Waals surface area contributed by atoms with Crippen LogP contribution in [-0.2, 0) is 6.42 Å². The first-order chi connectivity index (χ1) is 11.6. The lowest BCUT2D eigenvalue weighted by Gasteiger charge is -2.19. The van der Waals surface area contributed by atoms with Crippen LogP contribution in [0.3, 0.4) is 0 Å². The summed E-state index contributed by atoms with van der Waals surface area (Å²) in [4.78, 5) is 0. The fourth-order valence-electron chi connectivity index (χ4n) is 3.03. The van der Waals surface area contributed by atoms with Gasteiger partial charge in [-0.2, -0.15) is 0 Å². The molecule has 0 aliphatic heterocycles. The molecule has 0 aliphatic rings. The van der Waals surface area contributed by atoms with Gasteiger partial charge < -0.3 is 17.2 Å². The van der Waals surface area contributed by atoms with Crippen molar-refractivity contribution in [3.05, 3.63) is 89.5 Å². The quantitative estimate of drug-likeness (QED) is 0.617. The van der Waals surface area contributed by atoms with Crippen LogP contribution < -0.4 is 17.2 Å². The molecule has 0 heterocycles. The van der Waals surface area contributed by atoms with E-state index < -0.39 is 0 Å². The highest BCUT2D eigenvalue weighted by Crippen LogP contribution is 2.31. The summed E-state index contributed by atoms with van der Waals surface area (Å²) in [5.41, 5.74) is 23.7. The zero-order valence-electron chi connectivity index (χ0n) is 13.7. The number of anilines is 3. The molecule has 3 aromatic rings. The van der Waals surface area contributed by atoms with Gasteiger partial charge in [0.05, 0.1) is 0 Å². The summed E-state index contributed by atoms with van der Waals surface area (Å²) in [7, 11) is 0. The Morgan fingerprint density at radius 2 is 1.25 bits per heavy atom. The average Bonchev–Trinajstić information content (AvgIpc) is 2.58. The molecular weight excluding hydrogens is 294 g/mol. The number of hydrogen-bond donors (Lipinski definition) is 3. The van der Waals surface area contributed by atoms with Crippen molar-refractivity contribution in [1.82, 2.24) is 0 Å². The van der Waals surface area contributed by atoms with Gasteiger partial charge in [0.15, 0.2) is 0 Å². The molecule has 3 nitrogen and oxygen atoms in total. The lowest BCUT2D eigenvalue weighted by atomic mass is 9.86. The number of hydrogen-bond acceptors (Lipinski definition) is 3. The zero-order chi connectivity index (χ0) is 16.9. The molecule has 0 aliphatic carbocycles. The number of nitrogens with two attached hydrogens (primary N) is 3. The summed E-state index contributed by atoms with van der Waals surface area (Å²) < 4.78 is 0. The third-order valence-electron chi connectivity index (χ3n) is 4.35. The molecule has 6 N–H and O–H groups in total. The van der Waals surface area contributed by atoms with Crippen LogP contribution in [0.25, 0.3) is 0 Å². The van der Waals surface area contributed by atoms with E-state index in [1.165, 1.54) is 16.7 Å². The Balaban J connectivity index is 1.86. The van der Waals surface area contributed by atoms with E-state index in [2.05, 4.69) is 36.4 Å². The summed E-state index contributed by atoms with van der Waals surface area (Å²) in [6.07, 6.45) is 1.97. The molecule has 0 spiro atoms. The zero-order valence-corrected chi connectivity index (χ0v) is 13.7. The fourth-order valence-corrected chi connectivity index (χ4v) is 3.03.